The van der Waals surface area contributed by atoms with E-state index in [4.69, 9.17) is 9.47 Å². The van der Waals surface area contributed by atoms with Crippen LogP contribution in [0.1, 0.15) is 11.8 Å². The zero-order chi connectivity index (χ0) is 14.5. The van der Waals surface area contributed by atoms with Gasteiger partial charge in [0.25, 0.3) is 0 Å². The van der Waals surface area contributed by atoms with Crippen molar-refractivity contribution in [2.24, 2.45) is 0 Å². The molecule has 0 aliphatic carbocycles. The Morgan fingerprint density at radius 1 is 1.65 bits per heavy atom. The number of thioether (sulfide) groups is 1. The van der Waals surface area contributed by atoms with E-state index in [1.165, 1.54) is 0 Å². The van der Waals surface area contributed by atoms with Gasteiger partial charge in [-0.15, -0.1) is 0 Å². The van der Waals surface area contributed by atoms with Gasteiger partial charge in [-0.05, 0) is 14.1 Å². The number of hydrogen-bond donors (Lipinski definition) is 1. The van der Waals surface area contributed by atoms with E-state index in [1.807, 2.05) is 18.8 Å². The van der Waals surface area contributed by atoms with Gasteiger partial charge in [0.2, 0.25) is 0 Å². The van der Waals surface area contributed by atoms with Crippen LogP contribution in [-0.4, -0.2) is 71.8 Å². The van der Waals surface area contributed by atoms with E-state index in [2.05, 4.69) is 10.00 Å². The van der Waals surface area contributed by atoms with Gasteiger partial charge in [0.05, 0.1) is 32.6 Å². The Kier molecular flexibility index (Phi) is 5.71. The third kappa shape index (κ3) is 3.66. The van der Waals surface area contributed by atoms with E-state index >= 15 is 0 Å². The number of ether oxygens (including phenoxy) is 2. The Balaban J connectivity index is 2.16. The summed E-state index contributed by atoms with van der Waals surface area (Å²) in [5.74, 6) is 2.40. The minimum atomic E-state index is -0.706. The molecule has 1 aromatic heterocycles. The molecule has 2 atom stereocenters. The van der Waals surface area contributed by atoms with Crippen LogP contribution in [0.15, 0.2) is 6.20 Å². The van der Waals surface area contributed by atoms with Crippen molar-refractivity contribution in [1.29, 1.82) is 0 Å². The van der Waals surface area contributed by atoms with Crippen molar-refractivity contribution in [1.82, 2.24) is 14.7 Å². The quantitative estimate of drug-likeness (QED) is 0.831. The van der Waals surface area contributed by atoms with E-state index in [1.54, 1.807) is 25.1 Å². The summed E-state index contributed by atoms with van der Waals surface area (Å²) in [6, 6.07) is 0. The average molecular weight is 301 g/mol. The second-order valence-corrected chi connectivity index (χ2v) is 6.20. The molecule has 6 nitrogen and oxygen atoms in total. The summed E-state index contributed by atoms with van der Waals surface area (Å²) in [5.41, 5.74) is 0.710. The third-order valence-electron chi connectivity index (χ3n) is 3.30. The molecule has 2 unspecified atom stereocenters. The minimum absolute atomic E-state index is 0.197. The number of nitrogens with zero attached hydrogens (tertiary/aromatic N) is 3. The molecule has 0 amide bonds. The van der Waals surface area contributed by atoms with E-state index < -0.39 is 6.10 Å². The maximum Gasteiger partial charge on any atom is 0.162 e. The molecule has 0 aromatic carbocycles. The van der Waals surface area contributed by atoms with Crippen LogP contribution >= 0.6 is 11.8 Å². The van der Waals surface area contributed by atoms with Gasteiger partial charge in [-0.1, -0.05) is 0 Å². The lowest BCUT2D eigenvalue weighted by atomic mass is 10.1. The van der Waals surface area contributed by atoms with E-state index in [9.17, 15) is 5.11 Å². The number of aliphatic hydroxyl groups is 1. The SMILES string of the molecule is COc1cnn(CCN(C)C)c1C(O)C1CSCCO1. The highest BCUT2D eigenvalue weighted by atomic mass is 32.2. The summed E-state index contributed by atoms with van der Waals surface area (Å²) in [4.78, 5) is 2.08. The predicted molar refractivity (Wildman–Crippen MR) is 79.4 cm³/mol. The molecule has 7 heteroatoms. The Hall–Kier alpha value is -0.760. The molecule has 0 bridgehead atoms. The molecule has 114 valence electrons. The fourth-order valence-corrected chi connectivity index (χ4v) is 3.06. The van der Waals surface area contributed by atoms with Crippen molar-refractivity contribution < 1.29 is 14.6 Å². The number of likely N-dealkylation sites (N-methyl/N-ethyl adjacent to an activating group) is 1. The average Bonchev–Trinajstić information content (AvgIpc) is 2.88. The van der Waals surface area contributed by atoms with E-state index in [-0.39, 0.29) is 6.10 Å². The molecule has 1 aliphatic heterocycles. The Morgan fingerprint density at radius 3 is 3.05 bits per heavy atom. The van der Waals surface area contributed by atoms with Crippen molar-refractivity contribution in [3.63, 3.8) is 0 Å². The minimum Gasteiger partial charge on any atom is -0.493 e. The number of aromatic nitrogens is 2. The lowest BCUT2D eigenvalue weighted by Gasteiger charge is -2.27. The van der Waals surface area contributed by atoms with Crippen LogP contribution in [0.4, 0.5) is 0 Å². The molecule has 1 N–H and O–H groups in total. The first kappa shape index (κ1) is 15.6. The van der Waals surface area contributed by atoms with Crippen LogP contribution in [0.2, 0.25) is 0 Å². The molecular formula is C13H23N3O3S. The lowest BCUT2D eigenvalue weighted by Crippen LogP contribution is -2.32. The molecular weight excluding hydrogens is 278 g/mol. The lowest BCUT2D eigenvalue weighted by molar-refractivity contribution is -0.0275. The molecule has 0 radical (unpaired) electrons. The zero-order valence-electron chi connectivity index (χ0n) is 12.3. The van der Waals surface area contributed by atoms with Crippen LogP contribution in [-0.2, 0) is 11.3 Å². The summed E-state index contributed by atoms with van der Waals surface area (Å²) in [7, 11) is 5.62. The Labute approximate surface area is 124 Å². The molecule has 0 spiro atoms. The van der Waals surface area contributed by atoms with Crippen molar-refractivity contribution >= 4 is 11.8 Å². The number of methoxy groups -OCH3 is 1. The monoisotopic (exact) mass is 301 g/mol. The van der Waals surface area contributed by atoms with Crippen LogP contribution in [0.25, 0.3) is 0 Å². The van der Waals surface area contributed by atoms with Crippen molar-refractivity contribution in [2.75, 3.05) is 45.9 Å². The first-order valence-electron chi connectivity index (χ1n) is 6.75. The molecule has 1 saturated heterocycles. The summed E-state index contributed by atoms with van der Waals surface area (Å²) < 4.78 is 12.8. The molecule has 2 heterocycles. The van der Waals surface area contributed by atoms with Gasteiger partial charge in [0, 0.05) is 18.1 Å². The molecule has 1 aliphatic rings. The Bertz CT molecular complexity index is 419. The Morgan fingerprint density at radius 2 is 2.45 bits per heavy atom. The second-order valence-electron chi connectivity index (χ2n) is 5.05. The van der Waals surface area contributed by atoms with Gasteiger partial charge in [-0.2, -0.15) is 16.9 Å². The normalized spacial score (nSPS) is 21.1. The number of hydrogen-bond acceptors (Lipinski definition) is 6. The van der Waals surface area contributed by atoms with Crippen LogP contribution in [0.5, 0.6) is 5.75 Å². The second kappa shape index (κ2) is 7.31. The number of rotatable bonds is 6. The van der Waals surface area contributed by atoms with E-state index in [0.29, 0.717) is 24.6 Å². The third-order valence-corrected chi connectivity index (χ3v) is 4.32. The van der Waals surface area contributed by atoms with Crippen LogP contribution < -0.4 is 4.74 Å². The first-order chi connectivity index (χ1) is 9.63. The highest BCUT2D eigenvalue weighted by Crippen LogP contribution is 2.31. The molecule has 0 saturated carbocycles. The predicted octanol–water partition coefficient (Wildman–Crippen LogP) is 0.619. The summed E-state index contributed by atoms with van der Waals surface area (Å²) in [6.07, 6.45) is 0.754. The van der Waals surface area contributed by atoms with Crippen LogP contribution in [0.3, 0.4) is 0 Å². The standard InChI is InChI=1S/C13H23N3O3S/c1-15(2)4-5-16-12(10(18-3)8-14-16)13(17)11-9-20-7-6-19-11/h8,11,13,17H,4-7,9H2,1-3H3. The summed E-state index contributed by atoms with van der Waals surface area (Å²) in [5, 5.41) is 14.9. The van der Waals surface area contributed by atoms with Crippen molar-refractivity contribution in [3.8, 4) is 5.75 Å². The smallest absolute Gasteiger partial charge is 0.162 e. The zero-order valence-corrected chi connectivity index (χ0v) is 13.1. The summed E-state index contributed by atoms with van der Waals surface area (Å²) in [6.45, 7) is 2.24. The molecule has 1 fully saturated rings. The van der Waals surface area contributed by atoms with E-state index in [0.717, 1.165) is 18.1 Å². The van der Waals surface area contributed by atoms with Gasteiger partial charge in [-0.3, -0.25) is 4.68 Å². The maximum atomic E-state index is 10.6. The van der Waals surface area contributed by atoms with Gasteiger partial charge < -0.3 is 19.5 Å². The largest absolute Gasteiger partial charge is 0.493 e. The topological polar surface area (TPSA) is 59.8 Å². The van der Waals surface area contributed by atoms with Gasteiger partial charge >= 0.3 is 0 Å². The molecule has 1 aromatic rings. The highest BCUT2D eigenvalue weighted by molar-refractivity contribution is 7.99. The van der Waals surface area contributed by atoms with Crippen molar-refractivity contribution in [2.45, 2.75) is 18.8 Å². The van der Waals surface area contributed by atoms with Gasteiger partial charge in [-0.25, -0.2) is 0 Å². The van der Waals surface area contributed by atoms with Crippen LogP contribution in [0, 0.1) is 0 Å². The van der Waals surface area contributed by atoms with Crippen molar-refractivity contribution in [3.05, 3.63) is 11.9 Å². The summed E-state index contributed by atoms with van der Waals surface area (Å²) >= 11 is 1.80. The fourth-order valence-electron chi connectivity index (χ4n) is 2.17. The fraction of sp³-hybridized carbons (Fsp3) is 0.769. The maximum absolute atomic E-state index is 10.6. The molecule has 20 heavy (non-hydrogen) atoms. The first-order valence-corrected chi connectivity index (χ1v) is 7.90. The van der Waals surface area contributed by atoms with Gasteiger partial charge in [0.15, 0.2) is 5.75 Å². The molecule has 2 rings (SSSR count). The van der Waals surface area contributed by atoms with Gasteiger partial charge in [0.1, 0.15) is 11.8 Å². The number of aliphatic hydroxyl groups excluding tert-OH is 1. The highest BCUT2D eigenvalue weighted by Gasteiger charge is 2.30.